The predicted octanol–water partition coefficient (Wildman–Crippen LogP) is 2.04. The predicted molar refractivity (Wildman–Crippen MR) is 68.2 cm³/mol. The quantitative estimate of drug-likeness (QED) is 0.906. The lowest BCUT2D eigenvalue weighted by Gasteiger charge is -2.02. The Kier molecular flexibility index (Phi) is 3.94. The summed E-state index contributed by atoms with van der Waals surface area (Å²) in [6.07, 6.45) is 2.43. The first-order valence-electron chi connectivity index (χ1n) is 5.95. The van der Waals surface area contributed by atoms with E-state index in [0.717, 1.165) is 12.2 Å². The third-order valence-electron chi connectivity index (χ3n) is 2.63. The fourth-order valence-corrected chi connectivity index (χ4v) is 1.55. The van der Waals surface area contributed by atoms with E-state index in [-0.39, 0.29) is 12.5 Å². The van der Waals surface area contributed by atoms with Crippen molar-refractivity contribution in [1.29, 1.82) is 5.26 Å². The molecule has 0 aliphatic rings. The van der Waals surface area contributed by atoms with Gasteiger partial charge in [0.05, 0.1) is 24.4 Å². The van der Waals surface area contributed by atoms with E-state index >= 15 is 0 Å². The van der Waals surface area contributed by atoms with Crippen LogP contribution >= 0.6 is 0 Å². The molecule has 0 spiro atoms. The van der Waals surface area contributed by atoms with Gasteiger partial charge in [0.1, 0.15) is 5.76 Å². The molecule has 1 aromatic heterocycles. The van der Waals surface area contributed by atoms with Crippen LogP contribution in [0.3, 0.4) is 0 Å². The number of carbonyl (C=O) groups excluding carboxylic acids is 1. The molecule has 0 fully saturated rings. The average molecular weight is 255 g/mol. The van der Waals surface area contributed by atoms with Gasteiger partial charge in [-0.25, -0.2) is 4.98 Å². The van der Waals surface area contributed by atoms with Gasteiger partial charge in [0.15, 0.2) is 0 Å². The molecule has 0 unspecified atom stereocenters. The zero-order valence-corrected chi connectivity index (χ0v) is 10.5. The molecule has 0 radical (unpaired) electrons. The molecule has 0 aliphatic heterocycles. The number of rotatable bonds is 4. The fourth-order valence-electron chi connectivity index (χ4n) is 1.55. The first-order valence-corrected chi connectivity index (χ1v) is 5.95. The third kappa shape index (κ3) is 3.19. The molecule has 96 valence electrons. The molecule has 0 saturated heterocycles. The molecule has 1 N–H and O–H groups in total. The summed E-state index contributed by atoms with van der Waals surface area (Å²) in [5, 5.41) is 11.4. The van der Waals surface area contributed by atoms with Gasteiger partial charge in [0, 0.05) is 12.0 Å². The largest absolute Gasteiger partial charge is 0.444 e. The van der Waals surface area contributed by atoms with Gasteiger partial charge < -0.3 is 9.73 Å². The summed E-state index contributed by atoms with van der Waals surface area (Å²) < 4.78 is 5.39. The number of carbonyl (C=O) groups is 1. The highest BCUT2D eigenvalue weighted by molar-refractivity contribution is 5.94. The molecule has 5 heteroatoms. The van der Waals surface area contributed by atoms with Gasteiger partial charge in [-0.2, -0.15) is 5.26 Å². The number of aromatic nitrogens is 1. The van der Waals surface area contributed by atoms with Gasteiger partial charge in [-0.3, -0.25) is 4.79 Å². The van der Waals surface area contributed by atoms with Crippen molar-refractivity contribution in [3.63, 3.8) is 0 Å². The van der Waals surface area contributed by atoms with Crippen molar-refractivity contribution < 1.29 is 9.21 Å². The van der Waals surface area contributed by atoms with E-state index in [4.69, 9.17) is 9.68 Å². The van der Waals surface area contributed by atoms with Crippen LogP contribution in [0.4, 0.5) is 0 Å². The monoisotopic (exact) mass is 255 g/mol. The molecule has 2 aromatic rings. The Morgan fingerprint density at radius 3 is 2.74 bits per heavy atom. The van der Waals surface area contributed by atoms with Crippen molar-refractivity contribution >= 4 is 5.91 Å². The summed E-state index contributed by atoms with van der Waals surface area (Å²) in [7, 11) is 0. The maximum absolute atomic E-state index is 11.8. The van der Waals surface area contributed by atoms with Gasteiger partial charge in [-0.05, 0) is 24.3 Å². The first-order chi connectivity index (χ1) is 9.22. The molecule has 1 amide bonds. The second-order valence-electron chi connectivity index (χ2n) is 3.95. The van der Waals surface area contributed by atoms with Crippen LogP contribution in [0.2, 0.25) is 0 Å². The molecular weight excluding hydrogens is 242 g/mol. The number of oxazole rings is 1. The summed E-state index contributed by atoms with van der Waals surface area (Å²) >= 11 is 0. The van der Waals surface area contributed by atoms with E-state index in [9.17, 15) is 4.79 Å². The Morgan fingerprint density at radius 2 is 2.16 bits per heavy atom. The van der Waals surface area contributed by atoms with Gasteiger partial charge in [0.2, 0.25) is 5.89 Å². The van der Waals surface area contributed by atoms with Crippen LogP contribution < -0.4 is 5.32 Å². The van der Waals surface area contributed by atoms with Crippen LogP contribution in [0.25, 0.3) is 0 Å². The fraction of sp³-hybridized carbons (Fsp3) is 0.214. The van der Waals surface area contributed by atoms with E-state index in [1.165, 1.54) is 0 Å². The molecular formula is C14H13N3O2. The van der Waals surface area contributed by atoms with E-state index in [1.807, 2.05) is 13.0 Å². The van der Waals surface area contributed by atoms with E-state index in [1.54, 1.807) is 30.5 Å². The zero-order chi connectivity index (χ0) is 13.7. The zero-order valence-electron chi connectivity index (χ0n) is 10.5. The molecule has 0 aliphatic carbocycles. The van der Waals surface area contributed by atoms with E-state index in [0.29, 0.717) is 17.0 Å². The number of hydrogen-bond donors (Lipinski definition) is 1. The normalized spacial score (nSPS) is 9.89. The summed E-state index contributed by atoms with van der Waals surface area (Å²) in [4.78, 5) is 15.9. The minimum Gasteiger partial charge on any atom is -0.444 e. The lowest BCUT2D eigenvalue weighted by Crippen LogP contribution is -2.22. The summed E-state index contributed by atoms with van der Waals surface area (Å²) in [6, 6.07) is 8.44. The topological polar surface area (TPSA) is 78.9 Å². The lowest BCUT2D eigenvalue weighted by molar-refractivity contribution is 0.0947. The van der Waals surface area contributed by atoms with Gasteiger partial charge in [-0.1, -0.05) is 6.92 Å². The van der Waals surface area contributed by atoms with Crippen LogP contribution in [0, 0.1) is 11.3 Å². The van der Waals surface area contributed by atoms with Crippen molar-refractivity contribution in [1.82, 2.24) is 10.3 Å². The lowest BCUT2D eigenvalue weighted by atomic mass is 10.1. The molecule has 1 aromatic carbocycles. The Labute approximate surface area is 110 Å². The molecule has 1 heterocycles. The van der Waals surface area contributed by atoms with E-state index < -0.39 is 0 Å². The molecule has 5 nitrogen and oxygen atoms in total. The van der Waals surface area contributed by atoms with Crippen molar-refractivity contribution in [2.24, 2.45) is 0 Å². The number of nitrogens with one attached hydrogen (secondary N) is 1. The molecule has 0 bridgehead atoms. The van der Waals surface area contributed by atoms with Crippen molar-refractivity contribution in [3.05, 3.63) is 53.2 Å². The number of nitrogens with zero attached hydrogens (tertiary/aromatic N) is 2. The second kappa shape index (κ2) is 5.83. The van der Waals surface area contributed by atoms with Crippen LogP contribution in [0.1, 0.15) is 34.5 Å². The third-order valence-corrected chi connectivity index (χ3v) is 2.63. The number of hydrogen-bond acceptors (Lipinski definition) is 4. The van der Waals surface area contributed by atoms with Crippen LogP contribution in [-0.4, -0.2) is 10.9 Å². The number of aryl methyl sites for hydroxylation is 1. The first kappa shape index (κ1) is 12.8. The maximum atomic E-state index is 11.8. The molecule has 0 atom stereocenters. The summed E-state index contributed by atoms with van der Waals surface area (Å²) in [6.45, 7) is 2.22. The summed E-state index contributed by atoms with van der Waals surface area (Å²) in [5.74, 6) is 1.06. The Bertz CT molecular complexity index is 608. The Balaban J connectivity index is 1.95. The number of nitriles is 1. The Morgan fingerprint density at radius 1 is 1.42 bits per heavy atom. The van der Waals surface area contributed by atoms with Crippen molar-refractivity contribution in [2.45, 2.75) is 19.9 Å². The average Bonchev–Trinajstić information content (AvgIpc) is 2.93. The minimum absolute atomic E-state index is 0.222. The van der Waals surface area contributed by atoms with Crippen molar-refractivity contribution in [3.8, 4) is 6.07 Å². The molecule has 0 saturated carbocycles. The smallest absolute Gasteiger partial charge is 0.251 e. The highest BCUT2D eigenvalue weighted by atomic mass is 16.4. The molecule has 19 heavy (non-hydrogen) atoms. The summed E-state index contributed by atoms with van der Waals surface area (Å²) in [5.41, 5.74) is 1.03. The highest BCUT2D eigenvalue weighted by Gasteiger charge is 2.07. The van der Waals surface area contributed by atoms with E-state index in [2.05, 4.69) is 10.3 Å². The maximum Gasteiger partial charge on any atom is 0.251 e. The van der Waals surface area contributed by atoms with Gasteiger partial charge in [-0.15, -0.1) is 0 Å². The van der Waals surface area contributed by atoms with Crippen LogP contribution in [0.5, 0.6) is 0 Å². The second-order valence-corrected chi connectivity index (χ2v) is 3.95. The van der Waals surface area contributed by atoms with Gasteiger partial charge >= 0.3 is 0 Å². The number of amides is 1. The number of benzene rings is 1. The van der Waals surface area contributed by atoms with Gasteiger partial charge in [0.25, 0.3) is 5.91 Å². The molecule has 2 rings (SSSR count). The Hall–Kier alpha value is -2.61. The highest BCUT2D eigenvalue weighted by Crippen LogP contribution is 2.06. The van der Waals surface area contributed by atoms with Crippen LogP contribution in [-0.2, 0) is 13.0 Å². The minimum atomic E-state index is -0.222. The SMILES string of the molecule is CCc1cnc(CNC(=O)c2ccc(C#N)cc2)o1. The van der Waals surface area contributed by atoms with Crippen molar-refractivity contribution in [2.75, 3.05) is 0 Å². The van der Waals surface area contributed by atoms with Crippen LogP contribution in [0.15, 0.2) is 34.9 Å². The standard InChI is InChI=1S/C14H13N3O2/c1-2-12-8-16-13(19-12)9-17-14(18)11-5-3-10(7-15)4-6-11/h3-6,8H,2,9H2,1H3,(H,17,18).